The van der Waals surface area contributed by atoms with E-state index >= 15 is 0 Å². The Kier molecular flexibility index (Phi) is 7.24. The van der Waals surface area contributed by atoms with Crippen molar-refractivity contribution in [2.45, 2.75) is 24.5 Å². The molecule has 2 aromatic rings. The zero-order valence-corrected chi connectivity index (χ0v) is 16.4. The van der Waals surface area contributed by atoms with Crippen molar-refractivity contribution in [3.63, 3.8) is 0 Å². The van der Waals surface area contributed by atoms with Gasteiger partial charge in [-0.15, -0.1) is 0 Å². The molecule has 1 aromatic heterocycles. The summed E-state index contributed by atoms with van der Waals surface area (Å²) in [4.78, 5) is 29.3. The molecule has 1 amide bonds. The number of nitrogen functional groups attached to an aromatic ring is 1. The smallest absolute Gasteiger partial charge is 0.307 e. The minimum Gasteiger partial charge on any atom is -0.481 e. The summed E-state index contributed by atoms with van der Waals surface area (Å²) in [5.41, 5.74) is 7.99. The molecule has 0 saturated heterocycles. The largest absolute Gasteiger partial charge is 0.481 e. The molecule has 1 heterocycles. The SMILES string of the molecule is CN(C)C(=O)c1cccc(CCC(S)C(Cc2ccc(N)nc2)C(=O)O)c1. The Morgan fingerprint density at radius 1 is 1.22 bits per heavy atom. The lowest BCUT2D eigenvalue weighted by Crippen LogP contribution is -2.27. The monoisotopic (exact) mass is 387 g/mol. The Hall–Kier alpha value is -2.54. The number of carboxylic acids is 1. The predicted octanol–water partition coefficient (Wildman–Crippen LogP) is 2.54. The molecule has 0 spiro atoms. The molecule has 3 N–H and O–H groups in total. The van der Waals surface area contributed by atoms with Crippen molar-refractivity contribution in [3.8, 4) is 0 Å². The van der Waals surface area contributed by atoms with E-state index in [1.165, 1.54) is 4.90 Å². The number of hydrogen-bond donors (Lipinski definition) is 3. The summed E-state index contributed by atoms with van der Waals surface area (Å²) in [7, 11) is 3.42. The number of amides is 1. The number of nitrogens with zero attached hydrogens (tertiary/aromatic N) is 2. The lowest BCUT2D eigenvalue weighted by atomic mass is 9.93. The summed E-state index contributed by atoms with van der Waals surface area (Å²) in [6.07, 6.45) is 3.17. The number of benzene rings is 1. The van der Waals surface area contributed by atoms with Crippen LogP contribution < -0.4 is 5.73 Å². The molecular formula is C20H25N3O3S. The number of carbonyl (C=O) groups is 2. The van der Waals surface area contributed by atoms with Gasteiger partial charge < -0.3 is 15.7 Å². The average molecular weight is 388 g/mol. The van der Waals surface area contributed by atoms with Crippen LogP contribution in [0.2, 0.25) is 0 Å². The van der Waals surface area contributed by atoms with Crippen LogP contribution in [0.25, 0.3) is 0 Å². The number of rotatable bonds is 8. The van der Waals surface area contributed by atoms with Gasteiger partial charge in [-0.3, -0.25) is 9.59 Å². The minimum absolute atomic E-state index is 0.0569. The summed E-state index contributed by atoms with van der Waals surface area (Å²) in [5.74, 6) is -1.17. The van der Waals surface area contributed by atoms with Gasteiger partial charge in [0.15, 0.2) is 0 Å². The first kappa shape index (κ1) is 20.8. The fourth-order valence-corrected chi connectivity index (χ4v) is 3.19. The molecule has 0 saturated carbocycles. The maximum Gasteiger partial charge on any atom is 0.307 e. The number of thiol groups is 1. The van der Waals surface area contributed by atoms with Gasteiger partial charge >= 0.3 is 5.97 Å². The second-order valence-corrected chi connectivity index (χ2v) is 7.41. The zero-order chi connectivity index (χ0) is 20.0. The molecule has 0 aliphatic carbocycles. The Labute approximate surface area is 164 Å². The van der Waals surface area contributed by atoms with Crippen LogP contribution in [0.4, 0.5) is 5.82 Å². The quantitative estimate of drug-likeness (QED) is 0.605. The molecule has 0 aliphatic heterocycles. The van der Waals surface area contributed by atoms with Crippen LogP contribution >= 0.6 is 12.6 Å². The van der Waals surface area contributed by atoms with E-state index in [0.29, 0.717) is 30.6 Å². The van der Waals surface area contributed by atoms with Crippen LogP contribution in [-0.4, -0.2) is 46.2 Å². The van der Waals surface area contributed by atoms with Crippen LogP contribution in [0.1, 0.15) is 27.9 Å². The Balaban J connectivity index is 2.02. The van der Waals surface area contributed by atoms with E-state index in [1.54, 1.807) is 38.5 Å². The molecule has 0 fully saturated rings. The van der Waals surface area contributed by atoms with E-state index in [9.17, 15) is 14.7 Å². The number of aryl methyl sites for hydroxylation is 1. The van der Waals surface area contributed by atoms with Crippen molar-refractivity contribution in [1.29, 1.82) is 0 Å². The first-order chi connectivity index (χ1) is 12.8. The van der Waals surface area contributed by atoms with Crippen molar-refractivity contribution in [1.82, 2.24) is 9.88 Å². The third kappa shape index (κ3) is 5.99. The van der Waals surface area contributed by atoms with E-state index in [0.717, 1.165) is 11.1 Å². The predicted molar refractivity (Wildman–Crippen MR) is 109 cm³/mol. The normalized spacial score (nSPS) is 13.0. The molecule has 1 aromatic carbocycles. The summed E-state index contributed by atoms with van der Waals surface area (Å²) in [5, 5.41) is 9.26. The summed E-state index contributed by atoms with van der Waals surface area (Å²) >= 11 is 4.54. The highest BCUT2D eigenvalue weighted by Gasteiger charge is 2.26. The van der Waals surface area contributed by atoms with E-state index < -0.39 is 11.9 Å². The number of anilines is 1. The first-order valence-corrected chi connectivity index (χ1v) is 9.21. The summed E-state index contributed by atoms with van der Waals surface area (Å²) in [6, 6.07) is 10.9. The van der Waals surface area contributed by atoms with Gasteiger partial charge in [0.2, 0.25) is 0 Å². The van der Waals surface area contributed by atoms with Gasteiger partial charge in [0.1, 0.15) is 5.82 Å². The second-order valence-electron chi connectivity index (χ2n) is 6.75. The highest BCUT2D eigenvalue weighted by atomic mass is 32.1. The molecule has 0 aliphatic rings. The van der Waals surface area contributed by atoms with Gasteiger partial charge in [0, 0.05) is 31.1 Å². The van der Waals surface area contributed by atoms with Crippen LogP contribution in [0.3, 0.4) is 0 Å². The molecule has 2 unspecified atom stereocenters. The third-order valence-corrected chi connectivity index (χ3v) is 5.01. The second kappa shape index (κ2) is 9.41. The van der Waals surface area contributed by atoms with Crippen molar-refractivity contribution in [2.24, 2.45) is 5.92 Å². The van der Waals surface area contributed by atoms with Gasteiger partial charge in [-0.1, -0.05) is 18.2 Å². The van der Waals surface area contributed by atoms with Gasteiger partial charge in [0.25, 0.3) is 5.91 Å². The summed E-state index contributed by atoms with van der Waals surface area (Å²) < 4.78 is 0. The number of aromatic nitrogens is 1. The number of aliphatic carboxylic acids is 1. The highest BCUT2D eigenvalue weighted by molar-refractivity contribution is 7.81. The lowest BCUT2D eigenvalue weighted by Gasteiger charge is -2.20. The fraction of sp³-hybridized carbons (Fsp3) is 0.350. The van der Waals surface area contributed by atoms with Gasteiger partial charge in [-0.05, 0) is 48.6 Å². The van der Waals surface area contributed by atoms with Gasteiger partial charge in [0.05, 0.1) is 5.92 Å². The average Bonchev–Trinajstić information content (AvgIpc) is 2.64. The molecule has 2 atom stereocenters. The fourth-order valence-electron chi connectivity index (χ4n) is 2.83. The lowest BCUT2D eigenvalue weighted by molar-refractivity contribution is -0.141. The number of nitrogens with two attached hydrogens (primary N) is 1. The standard InChI is InChI=1S/C20H25N3O3S/c1-23(2)19(24)15-5-3-4-13(10-15)6-8-17(27)16(20(25)26)11-14-7-9-18(21)22-12-14/h3-5,7,9-10,12,16-17,27H,6,8,11H2,1-2H3,(H2,21,22)(H,25,26). The molecular weight excluding hydrogens is 362 g/mol. The topological polar surface area (TPSA) is 96.5 Å². The third-order valence-electron chi connectivity index (χ3n) is 4.39. The molecule has 0 bridgehead atoms. The molecule has 27 heavy (non-hydrogen) atoms. The Morgan fingerprint density at radius 3 is 2.56 bits per heavy atom. The zero-order valence-electron chi connectivity index (χ0n) is 15.5. The first-order valence-electron chi connectivity index (χ1n) is 8.69. The Bertz CT molecular complexity index is 793. The van der Waals surface area contributed by atoms with E-state index in [1.807, 2.05) is 18.2 Å². The molecule has 0 radical (unpaired) electrons. The van der Waals surface area contributed by atoms with Gasteiger partial charge in [-0.2, -0.15) is 12.6 Å². The van der Waals surface area contributed by atoms with E-state index in [4.69, 9.17) is 5.73 Å². The number of carbonyl (C=O) groups excluding carboxylic acids is 1. The van der Waals surface area contributed by atoms with Gasteiger partial charge in [-0.25, -0.2) is 4.98 Å². The van der Waals surface area contributed by atoms with Crippen LogP contribution in [-0.2, 0) is 17.6 Å². The van der Waals surface area contributed by atoms with Crippen LogP contribution in [0.5, 0.6) is 0 Å². The molecule has 144 valence electrons. The van der Waals surface area contributed by atoms with Crippen molar-refractivity contribution >= 4 is 30.3 Å². The van der Waals surface area contributed by atoms with Crippen molar-refractivity contribution in [3.05, 3.63) is 59.3 Å². The molecule has 7 heteroatoms. The Morgan fingerprint density at radius 2 is 1.96 bits per heavy atom. The maximum atomic E-state index is 12.1. The molecule has 6 nitrogen and oxygen atoms in total. The van der Waals surface area contributed by atoms with Crippen molar-refractivity contribution < 1.29 is 14.7 Å². The van der Waals surface area contributed by atoms with E-state index in [2.05, 4.69) is 17.6 Å². The number of carboxylic acid groups (broad SMARTS) is 1. The van der Waals surface area contributed by atoms with E-state index in [-0.39, 0.29) is 11.2 Å². The molecule has 2 rings (SSSR count). The number of hydrogen-bond acceptors (Lipinski definition) is 5. The number of pyridine rings is 1. The minimum atomic E-state index is -0.886. The van der Waals surface area contributed by atoms with Crippen LogP contribution in [0, 0.1) is 5.92 Å². The maximum absolute atomic E-state index is 12.1. The highest BCUT2D eigenvalue weighted by Crippen LogP contribution is 2.22. The van der Waals surface area contributed by atoms with Crippen LogP contribution in [0.15, 0.2) is 42.6 Å². The van der Waals surface area contributed by atoms with Crippen molar-refractivity contribution in [2.75, 3.05) is 19.8 Å². The summed E-state index contributed by atoms with van der Waals surface area (Å²) in [6.45, 7) is 0.